The third-order valence-electron chi connectivity index (χ3n) is 3.92. The zero-order valence-corrected chi connectivity index (χ0v) is 16.7. The Labute approximate surface area is 160 Å². The number of ether oxygens (including phenoxy) is 1. The second-order valence-electron chi connectivity index (χ2n) is 7.41. The molecular weight excluding hydrogens is 348 g/mol. The standard InChI is InChI=1S/C20H30N2O5/c1-13(2)10-17(23)21-19(14(3)4)20(26)22(5)11-15-6-8-16(9-7-15)27-12-18(24)25/h6-9,13-14,19H,10-12H2,1-5H3,(H,21,23)(H,24,25). The Morgan fingerprint density at radius 1 is 1.11 bits per heavy atom. The van der Waals surface area contributed by atoms with Gasteiger partial charge in [-0.2, -0.15) is 0 Å². The van der Waals surface area contributed by atoms with Crippen LogP contribution in [0.15, 0.2) is 24.3 Å². The van der Waals surface area contributed by atoms with E-state index >= 15 is 0 Å². The second kappa shape index (κ2) is 10.5. The molecule has 7 heteroatoms. The fraction of sp³-hybridized carbons (Fsp3) is 0.550. The highest BCUT2D eigenvalue weighted by Gasteiger charge is 2.27. The molecular formula is C20H30N2O5. The molecule has 0 bridgehead atoms. The maximum Gasteiger partial charge on any atom is 0.341 e. The van der Waals surface area contributed by atoms with Gasteiger partial charge in [0.15, 0.2) is 6.61 Å². The van der Waals surface area contributed by atoms with Crippen LogP contribution in [-0.4, -0.2) is 47.5 Å². The smallest absolute Gasteiger partial charge is 0.341 e. The van der Waals surface area contributed by atoms with Gasteiger partial charge >= 0.3 is 5.97 Å². The van der Waals surface area contributed by atoms with Crippen molar-refractivity contribution in [1.29, 1.82) is 0 Å². The number of likely N-dealkylation sites (N-methyl/N-ethyl adjacent to an activating group) is 1. The number of rotatable bonds is 10. The summed E-state index contributed by atoms with van der Waals surface area (Å²) in [5, 5.41) is 11.5. The van der Waals surface area contributed by atoms with Crippen molar-refractivity contribution < 1.29 is 24.2 Å². The molecule has 7 nitrogen and oxygen atoms in total. The highest BCUT2D eigenvalue weighted by Crippen LogP contribution is 2.15. The van der Waals surface area contributed by atoms with Crippen LogP contribution in [0.4, 0.5) is 0 Å². The minimum Gasteiger partial charge on any atom is -0.482 e. The second-order valence-corrected chi connectivity index (χ2v) is 7.41. The largest absolute Gasteiger partial charge is 0.482 e. The minimum absolute atomic E-state index is 0.0251. The molecule has 27 heavy (non-hydrogen) atoms. The fourth-order valence-electron chi connectivity index (χ4n) is 2.54. The molecule has 2 N–H and O–H groups in total. The Bertz CT molecular complexity index is 640. The van der Waals surface area contributed by atoms with Crippen LogP contribution in [0.2, 0.25) is 0 Å². The van der Waals surface area contributed by atoms with Crippen molar-refractivity contribution >= 4 is 17.8 Å². The molecule has 1 rings (SSSR count). The van der Waals surface area contributed by atoms with E-state index in [9.17, 15) is 14.4 Å². The molecule has 0 spiro atoms. The first kappa shape index (κ1) is 22.5. The van der Waals surface area contributed by atoms with Gasteiger partial charge in [0.25, 0.3) is 0 Å². The van der Waals surface area contributed by atoms with Crippen LogP contribution in [-0.2, 0) is 20.9 Å². The number of carboxylic acid groups (broad SMARTS) is 1. The zero-order chi connectivity index (χ0) is 20.6. The minimum atomic E-state index is -1.04. The number of carbonyl (C=O) groups is 3. The maximum absolute atomic E-state index is 12.8. The molecule has 0 radical (unpaired) electrons. The molecule has 0 aromatic heterocycles. The monoisotopic (exact) mass is 378 g/mol. The summed E-state index contributed by atoms with van der Waals surface area (Å²) >= 11 is 0. The van der Waals surface area contributed by atoms with Crippen LogP contribution in [0.3, 0.4) is 0 Å². The van der Waals surface area contributed by atoms with E-state index in [2.05, 4.69) is 5.32 Å². The van der Waals surface area contributed by atoms with Crippen molar-refractivity contribution in [2.24, 2.45) is 11.8 Å². The Morgan fingerprint density at radius 3 is 2.19 bits per heavy atom. The van der Waals surface area contributed by atoms with Crippen LogP contribution >= 0.6 is 0 Å². The number of amides is 2. The first-order chi connectivity index (χ1) is 12.6. The van der Waals surface area contributed by atoms with Crippen molar-refractivity contribution in [3.8, 4) is 5.75 Å². The van der Waals surface area contributed by atoms with E-state index in [0.717, 1.165) is 5.56 Å². The predicted molar refractivity (Wildman–Crippen MR) is 102 cm³/mol. The number of hydrogen-bond donors (Lipinski definition) is 2. The summed E-state index contributed by atoms with van der Waals surface area (Å²) < 4.78 is 5.09. The van der Waals surface area contributed by atoms with Crippen molar-refractivity contribution in [1.82, 2.24) is 10.2 Å². The summed E-state index contributed by atoms with van der Waals surface area (Å²) in [4.78, 5) is 36.9. The molecule has 1 unspecified atom stereocenters. The molecule has 1 atom stereocenters. The van der Waals surface area contributed by atoms with Gasteiger partial charge in [-0.25, -0.2) is 4.79 Å². The van der Waals surface area contributed by atoms with Crippen molar-refractivity contribution in [2.75, 3.05) is 13.7 Å². The van der Waals surface area contributed by atoms with E-state index in [1.54, 1.807) is 36.2 Å². The molecule has 1 aromatic carbocycles. The number of nitrogens with one attached hydrogen (secondary N) is 1. The van der Waals surface area contributed by atoms with Gasteiger partial charge in [-0.15, -0.1) is 0 Å². The van der Waals surface area contributed by atoms with Gasteiger partial charge in [0.2, 0.25) is 11.8 Å². The van der Waals surface area contributed by atoms with E-state index in [1.807, 2.05) is 27.7 Å². The molecule has 0 aliphatic rings. The molecule has 0 saturated heterocycles. The summed E-state index contributed by atoms with van der Waals surface area (Å²) in [7, 11) is 1.70. The molecule has 0 fully saturated rings. The van der Waals surface area contributed by atoms with Crippen molar-refractivity contribution in [3.05, 3.63) is 29.8 Å². The first-order valence-electron chi connectivity index (χ1n) is 9.08. The zero-order valence-electron chi connectivity index (χ0n) is 16.7. The molecule has 0 aliphatic heterocycles. The SMILES string of the molecule is CC(C)CC(=O)NC(C(=O)N(C)Cc1ccc(OCC(=O)O)cc1)C(C)C. The summed E-state index contributed by atoms with van der Waals surface area (Å²) in [5.74, 6) is -0.645. The lowest BCUT2D eigenvalue weighted by Crippen LogP contribution is -2.50. The number of nitrogens with zero attached hydrogens (tertiary/aromatic N) is 1. The highest BCUT2D eigenvalue weighted by molar-refractivity contribution is 5.87. The molecule has 0 aliphatic carbocycles. The summed E-state index contributed by atoms with van der Waals surface area (Å²) in [5.41, 5.74) is 0.879. The topological polar surface area (TPSA) is 95.9 Å². The van der Waals surface area contributed by atoms with E-state index in [0.29, 0.717) is 18.7 Å². The third-order valence-corrected chi connectivity index (χ3v) is 3.92. The van der Waals surface area contributed by atoms with Gasteiger partial charge in [-0.1, -0.05) is 39.8 Å². The molecule has 150 valence electrons. The van der Waals surface area contributed by atoms with Crippen molar-refractivity contribution in [3.63, 3.8) is 0 Å². The predicted octanol–water partition coefficient (Wildman–Crippen LogP) is 2.30. The average Bonchev–Trinajstić information content (AvgIpc) is 2.57. The quantitative estimate of drug-likeness (QED) is 0.651. The summed E-state index contributed by atoms with van der Waals surface area (Å²) in [6.45, 7) is 7.70. The molecule has 2 amide bonds. The Balaban J connectivity index is 2.69. The van der Waals surface area contributed by atoms with Crippen molar-refractivity contribution in [2.45, 2.75) is 46.7 Å². The lowest BCUT2D eigenvalue weighted by atomic mass is 10.0. The fourth-order valence-corrected chi connectivity index (χ4v) is 2.54. The lowest BCUT2D eigenvalue weighted by Gasteiger charge is -2.27. The number of aliphatic carboxylic acids is 1. The average molecular weight is 378 g/mol. The first-order valence-corrected chi connectivity index (χ1v) is 9.08. The van der Waals surface area contributed by atoms with Gasteiger partial charge in [-0.3, -0.25) is 9.59 Å². The van der Waals surface area contributed by atoms with Crippen LogP contribution < -0.4 is 10.1 Å². The summed E-state index contributed by atoms with van der Waals surface area (Å²) in [6.07, 6.45) is 0.387. The summed E-state index contributed by atoms with van der Waals surface area (Å²) in [6, 6.07) is 6.33. The molecule has 0 heterocycles. The Hall–Kier alpha value is -2.57. The highest BCUT2D eigenvalue weighted by atomic mass is 16.5. The van der Waals surface area contributed by atoms with Gasteiger partial charge in [0.05, 0.1) is 0 Å². The van der Waals surface area contributed by atoms with E-state index in [4.69, 9.17) is 9.84 Å². The van der Waals surface area contributed by atoms with E-state index in [1.165, 1.54) is 0 Å². The van der Waals surface area contributed by atoms with Crippen LogP contribution in [0.1, 0.15) is 39.7 Å². The van der Waals surface area contributed by atoms with Crippen LogP contribution in [0.5, 0.6) is 5.75 Å². The van der Waals surface area contributed by atoms with E-state index in [-0.39, 0.29) is 23.7 Å². The number of carboxylic acids is 1. The van der Waals surface area contributed by atoms with Gasteiger partial charge < -0.3 is 20.1 Å². The maximum atomic E-state index is 12.8. The third kappa shape index (κ3) is 8.11. The van der Waals surface area contributed by atoms with Crippen LogP contribution in [0.25, 0.3) is 0 Å². The Kier molecular flexibility index (Phi) is 8.78. The normalized spacial score (nSPS) is 12.0. The Morgan fingerprint density at radius 2 is 1.70 bits per heavy atom. The molecule has 0 saturated carbocycles. The molecule has 1 aromatic rings. The number of carbonyl (C=O) groups excluding carboxylic acids is 2. The van der Waals surface area contributed by atoms with Gasteiger partial charge in [0, 0.05) is 20.0 Å². The van der Waals surface area contributed by atoms with E-state index < -0.39 is 18.6 Å². The number of hydrogen-bond acceptors (Lipinski definition) is 4. The lowest BCUT2D eigenvalue weighted by molar-refractivity contribution is -0.139. The van der Waals surface area contributed by atoms with Gasteiger partial charge in [0.1, 0.15) is 11.8 Å². The van der Waals surface area contributed by atoms with Crippen LogP contribution in [0, 0.1) is 11.8 Å². The number of benzene rings is 1. The van der Waals surface area contributed by atoms with Gasteiger partial charge in [-0.05, 0) is 29.5 Å².